The lowest BCUT2D eigenvalue weighted by Crippen LogP contribution is -2.05. The molecule has 156 valence electrons. The summed E-state index contributed by atoms with van der Waals surface area (Å²) in [5.41, 5.74) is 1.77. The number of carbonyl (C=O) groups is 1. The van der Waals surface area contributed by atoms with Crippen molar-refractivity contribution in [2.75, 3.05) is 7.11 Å². The Bertz CT molecular complexity index is 1210. The minimum atomic E-state index is -0.575. The van der Waals surface area contributed by atoms with Crippen molar-refractivity contribution in [2.24, 2.45) is 4.99 Å². The third-order valence-corrected chi connectivity index (χ3v) is 4.89. The fourth-order valence-electron chi connectivity index (χ4n) is 2.98. The predicted molar refractivity (Wildman–Crippen MR) is 116 cm³/mol. The van der Waals surface area contributed by atoms with Crippen LogP contribution in [0.25, 0.3) is 6.08 Å². The lowest BCUT2D eigenvalue weighted by Gasteiger charge is -2.12. The molecule has 3 aromatic rings. The fraction of sp³-hybridized carbons (Fsp3) is 0.0833. The summed E-state index contributed by atoms with van der Waals surface area (Å²) in [7, 11) is 1.50. The average Bonchev–Trinajstić information content (AvgIpc) is 3.13. The maximum atomic E-state index is 13.8. The van der Waals surface area contributed by atoms with E-state index in [1.807, 2.05) is 0 Å². The van der Waals surface area contributed by atoms with Crippen LogP contribution in [0.3, 0.4) is 0 Å². The number of benzene rings is 3. The quantitative estimate of drug-likeness (QED) is 0.382. The number of cyclic esters (lactones) is 1. The van der Waals surface area contributed by atoms with Crippen LogP contribution in [0.2, 0.25) is 5.02 Å². The van der Waals surface area contributed by atoms with Crippen molar-refractivity contribution in [3.63, 3.8) is 0 Å². The Morgan fingerprint density at radius 1 is 1.06 bits per heavy atom. The molecule has 4 rings (SSSR count). The Labute approximate surface area is 183 Å². The van der Waals surface area contributed by atoms with E-state index in [1.54, 1.807) is 66.7 Å². The molecule has 31 heavy (non-hydrogen) atoms. The molecule has 0 N–H and O–H groups in total. The first-order chi connectivity index (χ1) is 15.0. The highest BCUT2D eigenvalue weighted by molar-refractivity contribution is 6.34. The van der Waals surface area contributed by atoms with Gasteiger partial charge in [0.25, 0.3) is 0 Å². The van der Waals surface area contributed by atoms with E-state index in [-0.39, 0.29) is 24.0 Å². The Hall–Kier alpha value is -3.64. The van der Waals surface area contributed by atoms with Gasteiger partial charge in [-0.3, -0.25) is 0 Å². The summed E-state index contributed by atoms with van der Waals surface area (Å²) in [4.78, 5) is 16.5. The molecule has 0 spiro atoms. The highest BCUT2D eigenvalue weighted by Gasteiger charge is 2.25. The molecular weight excluding hydrogens is 421 g/mol. The zero-order chi connectivity index (χ0) is 21.8. The molecule has 0 unspecified atom stereocenters. The average molecular weight is 438 g/mol. The van der Waals surface area contributed by atoms with Crippen LogP contribution in [-0.2, 0) is 16.1 Å². The van der Waals surface area contributed by atoms with E-state index in [4.69, 9.17) is 25.8 Å². The van der Waals surface area contributed by atoms with Crippen molar-refractivity contribution in [1.82, 2.24) is 0 Å². The highest BCUT2D eigenvalue weighted by Crippen LogP contribution is 2.31. The number of halogens is 2. The molecule has 0 amide bonds. The zero-order valence-electron chi connectivity index (χ0n) is 16.5. The summed E-state index contributed by atoms with van der Waals surface area (Å²) in [5.74, 6) is 0.122. The normalized spacial score (nSPS) is 14.4. The molecule has 0 aromatic heterocycles. The maximum Gasteiger partial charge on any atom is 0.363 e. The van der Waals surface area contributed by atoms with Gasteiger partial charge < -0.3 is 14.2 Å². The second kappa shape index (κ2) is 9.02. The van der Waals surface area contributed by atoms with Crippen LogP contribution >= 0.6 is 11.6 Å². The Morgan fingerprint density at radius 2 is 1.84 bits per heavy atom. The van der Waals surface area contributed by atoms with E-state index in [9.17, 15) is 9.18 Å². The summed E-state index contributed by atoms with van der Waals surface area (Å²) in [6, 6.07) is 18.5. The van der Waals surface area contributed by atoms with Crippen molar-refractivity contribution >= 4 is 29.5 Å². The molecule has 1 aliphatic heterocycles. The molecule has 0 fully saturated rings. The summed E-state index contributed by atoms with van der Waals surface area (Å²) in [6.45, 7) is 0.0568. The Kier molecular flexibility index (Phi) is 6.00. The number of rotatable bonds is 6. The first-order valence-electron chi connectivity index (χ1n) is 9.37. The van der Waals surface area contributed by atoms with Gasteiger partial charge in [0.15, 0.2) is 17.2 Å². The largest absolute Gasteiger partial charge is 0.493 e. The van der Waals surface area contributed by atoms with Crippen molar-refractivity contribution in [3.05, 3.63) is 100.0 Å². The molecule has 0 saturated heterocycles. The number of carbonyl (C=O) groups excluding carboxylic acids is 1. The van der Waals surface area contributed by atoms with Crippen molar-refractivity contribution in [3.8, 4) is 11.5 Å². The predicted octanol–water partition coefficient (Wildman–Crippen LogP) is 5.41. The number of ether oxygens (including phenoxy) is 3. The van der Waals surface area contributed by atoms with Crippen LogP contribution in [0.5, 0.6) is 11.5 Å². The van der Waals surface area contributed by atoms with Crippen LogP contribution in [0.1, 0.15) is 16.7 Å². The number of hydrogen-bond acceptors (Lipinski definition) is 5. The number of hydrogen-bond donors (Lipinski definition) is 0. The molecule has 7 heteroatoms. The van der Waals surface area contributed by atoms with E-state index in [0.717, 1.165) is 0 Å². The number of nitrogens with zero attached hydrogens (tertiary/aromatic N) is 1. The van der Waals surface area contributed by atoms with Crippen LogP contribution in [-0.4, -0.2) is 19.0 Å². The minimum Gasteiger partial charge on any atom is -0.493 e. The van der Waals surface area contributed by atoms with Gasteiger partial charge in [-0.1, -0.05) is 48.0 Å². The molecule has 3 aromatic carbocycles. The number of esters is 1. The minimum absolute atomic E-state index is 0.0568. The van der Waals surface area contributed by atoms with Crippen LogP contribution in [0.4, 0.5) is 4.39 Å². The molecule has 0 radical (unpaired) electrons. The summed E-state index contributed by atoms with van der Waals surface area (Å²) in [5, 5.41) is 0.438. The summed E-state index contributed by atoms with van der Waals surface area (Å²) < 4.78 is 30.2. The highest BCUT2D eigenvalue weighted by atomic mass is 35.5. The molecule has 0 atom stereocenters. The zero-order valence-corrected chi connectivity index (χ0v) is 17.2. The van der Waals surface area contributed by atoms with Gasteiger partial charge in [0.2, 0.25) is 5.90 Å². The van der Waals surface area contributed by atoms with Crippen LogP contribution in [0, 0.1) is 5.82 Å². The fourth-order valence-corrected chi connectivity index (χ4v) is 3.20. The van der Waals surface area contributed by atoms with Gasteiger partial charge in [0.05, 0.1) is 17.7 Å². The van der Waals surface area contributed by atoms with Gasteiger partial charge in [0, 0.05) is 5.56 Å². The topological polar surface area (TPSA) is 57.1 Å². The van der Waals surface area contributed by atoms with E-state index >= 15 is 0 Å². The standard InChI is InChI=1S/C24H17ClFNO4/c1-29-22-13-15(10-11-21(22)30-14-16-6-2-5-9-19(16)26)12-20-24(28)31-23(27-20)17-7-3-4-8-18(17)25/h2-13H,14H2,1H3/b20-12-. The van der Waals surface area contributed by atoms with E-state index in [1.165, 1.54) is 13.2 Å². The second-order valence-corrected chi connectivity index (χ2v) is 7.01. The lowest BCUT2D eigenvalue weighted by atomic mass is 10.1. The lowest BCUT2D eigenvalue weighted by molar-refractivity contribution is -0.129. The van der Waals surface area contributed by atoms with Gasteiger partial charge in [-0.2, -0.15) is 0 Å². The summed E-state index contributed by atoms with van der Waals surface area (Å²) >= 11 is 6.16. The van der Waals surface area contributed by atoms with Crippen molar-refractivity contribution < 1.29 is 23.4 Å². The molecule has 0 saturated carbocycles. The van der Waals surface area contributed by atoms with Gasteiger partial charge in [-0.25, -0.2) is 14.2 Å². The van der Waals surface area contributed by atoms with E-state index in [2.05, 4.69) is 4.99 Å². The van der Waals surface area contributed by atoms with Gasteiger partial charge in [-0.15, -0.1) is 0 Å². The number of aliphatic imine (C=N–C) groups is 1. The smallest absolute Gasteiger partial charge is 0.363 e. The molecular formula is C24H17ClFNO4. The summed E-state index contributed by atoms with van der Waals surface area (Å²) in [6.07, 6.45) is 1.58. The third kappa shape index (κ3) is 4.59. The molecule has 0 aliphatic carbocycles. The SMILES string of the molecule is COc1cc(/C=C2\N=C(c3ccccc3Cl)OC2=O)ccc1OCc1ccccc1F. The monoisotopic (exact) mass is 437 g/mol. The van der Waals surface area contributed by atoms with Crippen molar-refractivity contribution in [1.29, 1.82) is 0 Å². The van der Waals surface area contributed by atoms with E-state index in [0.29, 0.717) is 33.2 Å². The third-order valence-electron chi connectivity index (χ3n) is 4.56. The first kappa shape index (κ1) is 20.6. The van der Waals surface area contributed by atoms with Crippen molar-refractivity contribution in [2.45, 2.75) is 6.61 Å². The van der Waals surface area contributed by atoms with Crippen LogP contribution < -0.4 is 9.47 Å². The number of methoxy groups -OCH3 is 1. The first-order valence-corrected chi connectivity index (χ1v) is 9.74. The molecule has 1 aliphatic rings. The molecule has 0 bridgehead atoms. The van der Waals surface area contributed by atoms with E-state index < -0.39 is 5.97 Å². The van der Waals surface area contributed by atoms with Crippen LogP contribution in [0.15, 0.2) is 77.4 Å². The molecule has 5 nitrogen and oxygen atoms in total. The van der Waals surface area contributed by atoms with Gasteiger partial charge in [0.1, 0.15) is 12.4 Å². The van der Waals surface area contributed by atoms with Gasteiger partial charge >= 0.3 is 5.97 Å². The Morgan fingerprint density at radius 3 is 2.61 bits per heavy atom. The molecule has 1 heterocycles. The second-order valence-electron chi connectivity index (χ2n) is 6.61. The maximum absolute atomic E-state index is 13.8. The Balaban J connectivity index is 1.56. The van der Waals surface area contributed by atoms with Gasteiger partial charge in [-0.05, 0) is 42.0 Å².